The molecule has 0 aliphatic heterocycles. The molecule has 0 aliphatic rings. The monoisotopic (exact) mass is 354 g/mol. The first-order chi connectivity index (χ1) is 12.4. The van der Waals surface area contributed by atoms with Gasteiger partial charge in [0.05, 0.1) is 13.5 Å². The zero-order valence-corrected chi connectivity index (χ0v) is 15.8. The second kappa shape index (κ2) is 9.04. The molecule has 1 N–H and O–H groups in total. The number of rotatable bonds is 7. The van der Waals surface area contributed by atoms with Crippen molar-refractivity contribution in [2.75, 3.05) is 25.1 Å². The van der Waals surface area contributed by atoms with Gasteiger partial charge in [-0.3, -0.25) is 9.59 Å². The molecule has 0 atom stereocenters. The van der Waals surface area contributed by atoms with Crippen LogP contribution in [0.1, 0.15) is 23.6 Å². The van der Waals surface area contributed by atoms with E-state index in [1.165, 1.54) is 0 Å². The van der Waals surface area contributed by atoms with Gasteiger partial charge in [-0.05, 0) is 43.2 Å². The predicted octanol–water partition coefficient (Wildman–Crippen LogP) is 3.02. The fraction of sp³-hybridized carbons (Fsp3) is 0.333. The van der Waals surface area contributed by atoms with Crippen LogP contribution in [0.4, 0.5) is 5.69 Å². The molecule has 2 aromatic rings. The van der Waals surface area contributed by atoms with Gasteiger partial charge >= 0.3 is 0 Å². The summed E-state index contributed by atoms with van der Waals surface area (Å²) >= 11 is 0. The van der Waals surface area contributed by atoms with Crippen LogP contribution in [-0.4, -0.2) is 32.0 Å². The van der Waals surface area contributed by atoms with Gasteiger partial charge in [0.25, 0.3) is 0 Å². The summed E-state index contributed by atoms with van der Waals surface area (Å²) in [4.78, 5) is 25.8. The lowest BCUT2D eigenvalue weighted by atomic mass is 10.1. The first-order valence-electron chi connectivity index (χ1n) is 8.65. The van der Waals surface area contributed by atoms with E-state index in [-0.39, 0.29) is 11.8 Å². The molecule has 5 nitrogen and oxygen atoms in total. The van der Waals surface area contributed by atoms with Gasteiger partial charge in [0.2, 0.25) is 11.8 Å². The Labute approximate surface area is 155 Å². The number of nitrogens with one attached hydrogen (secondary N) is 1. The van der Waals surface area contributed by atoms with Crippen molar-refractivity contribution in [3.8, 4) is 5.75 Å². The lowest BCUT2D eigenvalue weighted by Crippen LogP contribution is -2.38. The minimum Gasteiger partial charge on any atom is -0.497 e. The number of carbonyl (C=O) groups excluding carboxylic acids is 2. The number of nitrogens with zero attached hydrogens (tertiary/aromatic N) is 1. The molecule has 2 rings (SSSR count). The zero-order valence-electron chi connectivity index (χ0n) is 15.8. The van der Waals surface area contributed by atoms with Crippen molar-refractivity contribution in [2.45, 2.75) is 27.2 Å². The molecule has 26 heavy (non-hydrogen) atoms. The molecule has 0 saturated heterocycles. The molecule has 0 heterocycles. The molecule has 0 radical (unpaired) electrons. The maximum Gasteiger partial charge on any atom is 0.224 e. The van der Waals surface area contributed by atoms with Crippen LogP contribution in [0, 0.1) is 13.8 Å². The van der Waals surface area contributed by atoms with Gasteiger partial charge < -0.3 is 15.0 Å². The Kier molecular flexibility index (Phi) is 6.78. The smallest absolute Gasteiger partial charge is 0.224 e. The Hall–Kier alpha value is -2.82. The van der Waals surface area contributed by atoms with Crippen molar-refractivity contribution in [1.82, 2.24) is 5.32 Å². The summed E-state index contributed by atoms with van der Waals surface area (Å²) in [6.07, 6.45) is 0.299. The van der Waals surface area contributed by atoms with Crippen LogP contribution in [0.25, 0.3) is 0 Å². The Morgan fingerprint density at radius 2 is 1.77 bits per heavy atom. The molecule has 0 aromatic heterocycles. The number of amides is 2. The molecule has 0 unspecified atom stereocenters. The third-order valence-electron chi connectivity index (χ3n) is 4.20. The van der Waals surface area contributed by atoms with Crippen molar-refractivity contribution < 1.29 is 14.3 Å². The van der Waals surface area contributed by atoms with E-state index in [9.17, 15) is 9.59 Å². The molecule has 2 aromatic carbocycles. The van der Waals surface area contributed by atoms with Gasteiger partial charge in [0.1, 0.15) is 5.75 Å². The van der Waals surface area contributed by atoms with Crippen molar-refractivity contribution in [3.63, 3.8) is 0 Å². The molecule has 0 spiro atoms. The number of aryl methyl sites for hydroxylation is 2. The number of carbonyl (C=O) groups is 2. The summed E-state index contributed by atoms with van der Waals surface area (Å²) in [7, 11) is 1.61. The average Bonchev–Trinajstić information content (AvgIpc) is 2.60. The fourth-order valence-electron chi connectivity index (χ4n) is 2.85. The molecule has 0 fully saturated rings. The second-order valence-corrected chi connectivity index (χ2v) is 6.34. The molecular formula is C21H26N2O3. The number of anilines is 1. The molecule has 138 valence electrons. The van der Waals surface area contributed by atoms with E-state index >= 15 is 0 Å². The largest absolute Gasteiger partial charge is 0.497 e. The van der Waals surface area contributed by atoms with Gasteiger partial charge in [-0.1, -0.05) is 29.8 Å². The maximum absolute atomic E-state index is 12.1. The quantitative estimate of drug-likeness (QED) is 0.831. The number of hydrogen-bond acceptors (Lipinski definition) is 3. The van der Waals surface area contributed by atoms with Crippen molar-refractivity contribution in [2.24, 2.45) is 0 Å². The summed E-state index contributed by atoms with van der Waals surface area (Å²) in [6, 6.07) is 13.4. The Bertz CT molecular complexity index is 769. The second-order valence-electron chi connectivity index (χ2n) is 6.34. The van der Waals surface area contributed by atoms with E-state index in [1.54, 1.807) is 18.9 Å². The lowest BCUT2D eigenvalue weighted by Gasteiger charge is -2.23. The predicted molar refractivity (Wildman–Crippen MR) is 104 cm³/mol. The van der Waals surface area contributed by atoms with E-state index < -0.39 is 0 Å². The Morgan fingerprint density at radius 1 is 1.08 bits per heavy atom. The van der Waals surface area contributed by atoms with E-state index in [0.717, 1.165) is 28.1 Å². The standard InChI is InChI=1S/C21H26N2O3/c1-15-5-10-20(16(2)13-15)23(17(3)24)12-11-22-21(25)14-18-6-8-19(26-4)9-7-18/h5-10,13H,11-12,14H2,1-4H3,(H,22,25). The fourth-order valence-corrected chi connectivity index (χ4v) is 2.85. The lowest BCUT2D eigenvalue weighted by molar-refractivity contribution is -0.121. The van der Waals surface area contributed by atoms with Crippen LogP contribution < -0.4 is 15.0 Å². The van der Waals surface area contributed by atoms with Gasteiger partial charge in [0.15, 0.2) is 0 Å². The van der Waals surface area contributed by atoms with Gasteiger partial charge in [-0.2, -0.15) is 0 Å². The first-order valence-corrected chi connectivity index (χ1v) is 8.65. The Balaban J connectivity index is 1.90. The Morgan fingerprint density at radius 3 is 2.35 bits per heavy atom. The molecule has 5 heteroatoms. The molecule has 2 amide bonds. The molecule has 0 aliphatic carbocycles. The van der Waals surface area contributed by atoms with Crippen molar-refractivity contribution >= 4 is 17.5 Å². The minimum absolute atomic E-state index is 0.0404. The number of hydrogen-bond donors (Lipinski definition) is 1. The number of benzene rings is 2. The topological polar surface area (TPSA) is 58.6 Å². The first kappa shape index (κ1) is 19.5. The summed E-state index contributed by atoms with van der Waals surface area (Å²) < 4.78 is 5.11. The van der Waals surface area contributed by atoms with E-state index in [2.05, 4.69) is 5.32 Å². The van der Waals surface area contributed by atoms with Crippen LogP contribution in [0.15, 0.2) is 42.5 Å². The highest BCUT2D eigenvalue weighted by molar-refractivity contribution is 5.92. The van der Waals surface area contributed by atoms with E-state index in [0.29, 0.717) is 19.5 Å². The summed E-state index contributed by atoms with van der Waals surface area (Å²) in [5, 5.41) is 2.88. The third-order valence-corrected chi connectivity index (χ3v) is 4.20. The van der Waals surface area contributed by atoms with E-state index in [4.69, 9.17) is 4.74 Å². The summed E-state index contributed by atoms with van der Waals surface area (Å²) in [5.41, 5.74) is 4.00. The van der Waals surface area contributed by atoms with Crippen LogP contribution in [-0.2, 0) is 16.0 Å². The van der Waals surface area contributed by atoms with Crippen LogP contribution in [0.3, 0.4) is 0 Å². The van der Waals surface area contributed by atoms with Crippen LogP contribution >= 0.6 is 0 Å². The van der Waals surface area contributed by atoms with Crippen molar-refractivity contribution in [1.29, 1.82) is 0 Å². The summed E-state index contributed by atoms with van der Waals surface area (Å²) in [5.74, 6) is 0.653. The number of methoxy groups -OCH3 is 1. The number of ether oxygens (including phenoxy) is 1. The normalized spacial score (nSPS) is 10.3. The SMILES string of the molecule is COc1ccc(CC(=O)NCCN(C(C)=O)c2ccc(C)cc2C)cc1. The van der Waals surface area contributed by atoms with Gasteiger partial charge in [-0.25, -0.2) is 0 Å². The van der Waals surface area contributed by atoms with E-state index in [1.807, 2.05) is 56.3 Å². The summed E-state index contributed by atoms with van der Waals surface area (Å²) in [6.45, 7) is 6.39. The van der Waals surface area contributed by atoms with Crippen LogP contribution in [0.2, 0.25) is 0 Å². The molecular weight excluding hydrogens is 328 g/mol. The average molecular weight is 354 g/mol. The van der Waals surface area contributed by atoms with Crippen LogP contribution in [0.5, 0.6) is 5.75 Å². The maximum atomic E-state index is 12.1. The molecule has 0 bridgehead atoms. The van der Waals surface area contributed by atoms with Gasteiger partial charge in [0, 0.05) is 25.7 Å². The minimum atomic E-state index is -0.0701. The van der Waals surface area contributed by atoms with Gasteiger partial charge in [-0.15, -0.1) is 0 Å². The zero-order chi connectivity index (χ0) is 19.1. The molecule has 0 saturated carbocycles. The van der Waals surface area contributed by atoms with Crippen molar-refractivity contribution in [3.05, 3.63) is 59.2 Å². The highest BCUT2D eigenvalue weighted by Gasteiger charge is 2.14. The highest BCUT2D eigenvalue weighted by Crippen LogP contribution is 2.21. The highest BCUT2D eigenvalue weighted by atomic mass is 16.5. The third kappa shape index (κ3) is 5.34.